The summed E-state index contributed by atoms with van der Waals surface area (Å²) in [6.07, 6.45) is 1.69. The maximum absolute atomic E-state index is 5.70. The third-order valence-electron chi connectivity index (χ3n) is 2.39. The lowest BCUT2D eigenvalue weighted by atomic mass is 9.93. The van der Waals surface area contributed by atoms with Gasteiger partial charge in [0.05, 0.1) is 7.11 Å². The summed E-state index contributed by atoms with van der Waals surface area (Å²) < 4.78 is 5.06. The van der Waals surface area contributed by atoms with Crippen LogP contribution in [0.1, 0.15) is 13.8 Å². The maximum Gasteiger partial charge on any atom is 0.228 e. The summed E-state index contributed by atoms with van der Waals surface area (Å²) in [7, 11) is 3.54. The first kappa shape index (κ1) is 12.7. The average Bonchev–Trinajstić information content (AvgIpc) is 2.28. The number of rotatable bonds is 5. The van der Waals surface area contributed by atoms with Gasteiger partial charge in [0.2, 0.25) is 11.8 Å². The Morgan fingerprint density at radius 1 is 1.50 bits per heavy atom. The molecule has 0 saturated carbocycles. The van der Waals surface area contributed by atoms with Crippen molar-refractivity contribution in [2.45, 2.75) is 13.8 Å². The highest BCUT2D eigenvalue weighted by Crippen LogP contribution is 2.18. The summed E-state index contributed by atoms with van der Waals surface area (Å²) in [5, 5.41) is 0. The van der Waals surface area contributed by atoms with Crippen molar-refractivity contribution in [2.75, 3.05) is 32.1 Å². The molecule has 0 atom stereocenters. The molecule has 0 saturated heterocycles. The Balaban J connectivity index is 2.76. The molecule has 5 nitrogen and oxygen atoms in total. The molecule has 5 heteroatoms. The van der Waals surface area contributed by atoms with Crippen LogP contribution in [-0.2, 0) is 0 Å². The van der Waals surface area contributed by atoms with Gasteiger partial charge in [-0.2, -0.15) is 4.98 Å². The number of hydrogen-bond donors (Lipinski definition) is 1. The van der Waals surface area contributed by atoms with E-state index in [1.54, 1.807) is 19.4 Å². The van der Waals surface area contributed by atoms with E-state index in [2.05, 4.69) is 23.8 Å². The summed E-state index contributed by atoms with van der Waals surface area (Å²) in [4.78, 5) is 10.4. The van der Waals surface area contributed by atoms with Crippen molar-refractivity contribution in [3.05, 3.63) is 12.3 Å². The lowest BCUT2D eigenvalue weighted by molar-refractivity contribution is 0.378. The minimum atomic E-state index is 0.0428. The van der Waals surface area contributed by atoms with E-state index < -0.39 is 0 Å². The third-order valence-corrected chi connectivity index (χ3v) is 2.39. The van der Waals surface area contributed by atoms with E-state index in [0.29, 0.717) is 18.4 Å². The summed E-state index contributed by atoms with van der Waals surface area (Å²) in [6, 6.07) is 1.73. The summed E-state index contributed by atoms with van der Waals surface area (Å²) in [6.45, 7) is 5.66. The number of anilines is 1. The molecule has 1 aromatic rings. The van der Waals surface area contributed by atoms with Gasteiger partial charge in [-0.1, -0.05) is 13.8 Å². The molecule has 0 radical (unpaired) electrons. The molecular weight excluding hydrogens is 204 g/mol. The number of nitrogens with two attached hydrogens (primary N) is 1. The highest BCUT2D eigenvalue weighted by molar-refractivity contribution is 5.31. The van der Waals surface area contributed by atoms with Gasteiger partial charge in [0.25, 0.3) is 0 Å². The van der Waals surface area contributed by atoms with Gasteiger partial charge < -0.3 is 15.4 Å². The van der Waals surface area contributed by atoms with Gasteiger partial charge in [-0.3, -0.25) is 0 Å². The van der Waals surface area contributed by atoms with E-state index in [0.717, 1.165) is 6.54 Å². The van der Waals surface area contributed by atoms with Gasteiger partial charge in [0.1, 0.15) is 0 Å². The Kier molecular flexibility index (Phi) is 4.06. The monoisotopic (exact) mass is 224 g/mol. The minimum absolute atomic E-state index is 0.0428. The van der Waals surface area contributed by atoms with Crippen LogP contribution in [-0.4, -0.2) is 37.2 Å². The van der Waals surface area contributed by atoms with E-state index in [1.807, 2.05) is 11.9 Å². The van der Waals surface area contributed by atoms with Gasteiger partial charge in [0.15, 0.2) is 0 Å². The molecule has 1 aromatic heterocycles. The van der Waals surface area contributed by atoms with Crippen LogP contribution >= 0.6 is 0 Å². The summed E-state index contributed by atoms with van der Waals surface area (Å²) in [5.41, 5.74) is 5.74. The van der Waals surface area contributed by atoms with Crippen LogP contribution in [0.5, 0.6) is 5.88 Å². The standard InChI is InChI=1S/C11H20N4O/c1-11(2,7-12)8-15(3)10-13-6-5-9(14-10)16-4/h5-6H,7-8,12H2,1-4H3. The zero-order valence-corrected chi connectivity index (χ0v) is 10.4. The fraction of sp³-hybridized carbons (Fsp3) is 0.636. The predicted octanol–water partition coefficient (Wildman–Crippen LogP) is 0.906. The Labute approximate surface area is 96.6 Å². The van der Waals surface area contributed by atoms with Crippen LogP contribution < -0.4 is 15.4 Å². The number of ether oxygens (including phenoxy) is 1. The van der Waals surface area contributed by atoms with Gasteiger partial charge >= 0.3 is 0 Å². The topological polar surface area (TPSA) is 64.3 Å². The van der Waals surface area contributed by atoms with E-state index >= 15 is 0 Å². The first-order valence-electron chi connectivity index (χ1n) is 5.27. The van der Waals surface area contributed by atoms with Crippen molar-refractivity contribution >= 4 is 5.95 Å². The number of aromatic nitrogens is 2. The number of hydrogen-bond acceptors (Lipinski definition) is 5. The molecule has 0 amide bonds. The minimum Gasteiger partial charge on any atom is -0.481 e. The Morgan fingerprint density at radius 2 is 2.19 bits per heavy atom. The van der Waals surface area contributed by atoms with Crippen molar-refractivity contribution in [3.63, 3.8) is 0 Å². The molecule has 1 heterocycles. The second-order valence-corrected chi connectivity index (χ2v) is 4.62. The summed E-state index contributed by atoms with van der Waals surface area (Å²) >= 11 is 0. The number of nitrogens with zero attached hydrogens (tertiary/aromatic N) is 3. The molecule has 0 spiro atoms. The van der Waals surface area contributed by atoms with E-state index in [-0.39, 0.29) is 5.41 Å². The molecular formula is C11H20N4O. The molecule has 0 aliphatic carbocycles. The first-order chi connectivity index (χ1) is 7.48. The fourth-order valence-corrected chi connectivity index (χ4v) is 1.41. The average molecular weight is 224 g/mol. The molecule has 0 bridgehead atoms. The largest absolute Gasteiger partial charge is 0.481 e. The molecule has 1 rings (SSSR count). The fourth-order valence-electron chi connectivity index (χ4n) is 1.41. The van der Waals surface area contributed by atoms with Gasteiger partial charge in [0, 0.05) is 25.9 Å². The van der Waals surface area contributed by atoms with Gasteiger partial charge in [-0.05, 0) is 12.0 Å². The van der Waals surface area contributed by atoms with E-state index in [1.165, 1.54) is 0 Å². The second kappa shape index (κ2) is 5.12. The highest BCUT2D eigenvalue weighted by Gasteiger charge is 2.19. The predicted molar refractivity (Wildman–Crippen MR) is 64.7 cm³/mol. The van der Waals surface area contributed by atoms with Crippen LogP contribution in [0.3, 0.4) is 0 Å². The van der Waals surface area contributed by atoms with Gasteiger partial charge in [-0.15, -0.1) is 0 Å². The van der Waals surface area contributed by atoms with Crippen molar-refractivity contribution in [3.8, 4) is 5.88 Å². The maximum atomic E-state index is 5.70. The second-order valence-electron chi connectivity index (χ2n) is 4.62. The van der Waals surface area contributed by atoms with Crippen LogP contribution in [0.25, 0.3) is 0 Å². The lowest BCUT2D eigenvalue weighted by Crippen LogP contribution is -2.37. The van der Waals surface area contributed by atoms with E-state index in [4.69, 9.17) is 10.5 Å². The normalized spacial score (nSPS) is 11.3. The van der Waals surface area contributed by atoms with Crippen LogP contribution in [0, 0.1) is 5.41 Å². The molecule has 2 N–H and O–H groups in total. The molecule has 0 aromatic carbocycles. The Morgan fingerprint density at radius 3 is 2.75 bits per heavy atom. The van der Waals surface area contributed by atoms with Crippen molar-refractivity contribution in [1.29, 1.82) is 0 Å². The van der Waals surface area contributed by atoms with Crippen LogP contribution in [0.2, 0.25) is 0 Å². The Hall–Kier alpha value is -1.36. The lowest BCUT2D eigenvalue weighted by Gasteiger charge is -2.28. The smallest absolute Gasteiger partial charge is 0.228 e. The molecule has 0 unspecified atom stereocenters. The highest BCUT2D eigenvalue weighted by atomic mass is 16.5. The molecule has 0 aliphatic rings. The molecule has 0 aliphatic heterocycles. The van der Waals surface area contributed by atoms with Crippen molar-refractivity contribution in [1.82, 2.24) is 9.97 Å². The van der Waals surface area contributed by atoms with Crippen molar-refractivity contribution < 1.29 is 4.74 Å². The summed E-state index contributed by atoms with van der Waals surface area (Å²) in [5.74, 6) is 1.23. The first-order valence-corrected chi connectivity index (χ1v) is 5.27. The van der Waals surface area contributed by atoms with Crippen LogP contribution in [0.15, 0.2) is 12.3 Å². The zero-order chi connectivity index (χ0) is 12.2. The quantitative estimate of drug-likeness (QED) is 0.805. The Bertz CT molecular complexity index is 341. The third kappa shape index (κ3) is 3.34. The SMILES string of the molecule is COc1ccnc(N(C)CC(C)(C)CN)n1. The number of methoxy groups -OCH3 is 1. The zero-order valence-electron chi connectivity index (χ0n) is 10.4. The van der Waals surface area contributed by atoms with E-state index in [9.17, 15) is 0 Å². The molecule has 0 fully saturated rings. The van der Waals surface area contributed by atoms with Crippen molar-refractivity contribution in [2.24, 2.45) is 11.1 Å². The molecule has 90 valence electrons. The van der Waals surface area contributed by atoms with Crippen LogP contribution in [0.4, 0.5) is 5.95 Å². The molecule has 16 heavy (non-hydrogen) atoms. The van der Waals surface area contributed by atoms with Gasteiger partial charge in [-0.25, -0.2) is 4.98 Å².